The first-order valence-electron chi connectivity index (χ1n) is 8.41. The molecule has 0 bridgehead atoms. The molecule has 0 saturated heterocycles. The van der Waals surface area contributed by atoms with Crippen molar-refractivity contribution in [3.63, 3.8) is 0 Å². The lowest BCUT2D eigenvalue weighted by Crippen LogP contribution is -2.32. The molecule has 0 saturated carbocycles. The van der Waals surface area contributed by atoms with Gasteiger partial charge in [0, 0.05) is 17.1 Å². The third kappa shape index (κ3) is 5.45. The largest absolute Gasteiger partial charge is 0.449 e. The molecular weight excluding hydrogens is 457 g/mol. The Balaban J connectivity index is 1.67. The van der Waals surface area contributed by atoms with Crippen molar-refractivity contribution < 1.29 is 14.3 Å². The van der Waals surface area contributed by atoms with Gasteiger partial charge < -0.3 is 4.74 Å². The second kappa shape index (κ2) is 9.54. The highest BCUT2D eigenvalue weighted by molar-refractivity contribution is 7.14. The zero-order chi connectivity index (χ0) is 21.0. The predicted molar refractivity (Wildman–Crippen MR) is 115 cm³/mol. The van der Waals surface area contributed by atoms with Gasteiger partial charge in [0.1, 0.15) is 5.15 Å². The number of pyridine rings is 1. The number of amides is 1. The summed E-state index contributed by atoms with van der Waals surface area (Å²) in [6, 6.07) is 7.99. The van der Waals surface area contributed by atoms with Gasteiger partial charge in [-0.1, -0.05) is 47.8 Å². The Morgan fingerprint density at radius 1 is 1.17 bits per heavy atom. The number of carbonyl (C=O) groups excluding carboxylic acids is 2. The highest BCUT2D eigenvalue weighted by Crippen LogP contribution is 2.30. The fourth-order valence-corrected chi connectivity index (χ4v) is 3.55. The number of hydrogen-bond acceptors (Lipinski definition) is 6. The summed E-state index contributed by atoms with van der Waals surface area (Å²) in [5.74, 6) is -1.14. The minimum absolute atomic E-state index is 0.162. The SMILES string of the molecule is CCC(OC(=O)c1ccnc(Cl)c1)C(=O)Nc1nc(-c2ccc(Cl)c(Cl)c2)cs1. The predicted octanol–water partition coefficient (Wildman–Crippen LogP) is 5.74. The molecule has 1 atom stereocenters. The molecule has 0 fully saturated rings. The van der Waals surface area contributed by atoms with E-state index in [1.54, 1.807) is 30.5 Å². The maximum absolute atomic E-state index is 12.5. The van der Waals surface area contributed by atoms with Crippen LogP contribution < -0.4 is 5.32 Å². The van der Waals surface area contributed by atoms with Crippen molar-refractivity contribution in [2.75, 3.05) is 5.32 Å². The Labute approximate surface area is 185 Å². The molecule has 0 radical (unpaired) electrons. The first kappa shape index (κ1) is 21.5. The maximum Gasteiger partial charge on any atom is 0.339 e. The molecule has 150 valence electrons. The van der Waals surface area contributed by atoms with Crippen molar-refractivity contribution in [2.45, 2.75) is 19.4 Å². The number of ether oxygens (including phenoxy) is 1. The average molecular weight is 471 g/mol. The van der Waals surface area contributed by atoms with Crippen LogP contribution in [-0.2, 0) is 9.53 Å². The van der Waals surface area contributed by atoms with Crippen molar-refractivity contribution in [3.05, 3.63) is 62.7 Å². The molecule has 0 aliphatic heterocycles. The maximum atomic E-state index is 12.5. The smallest absolute Gasteiger partial charge is 0.339 e. The summed E-state index contributed by atoms with van der Waals surface area (Å²) in [7, 11) is 0. The van der Waals surface area contributed by atoms with E-state index in [0.717, 1.165) is 5.56 Å². The number of anilines is 1. The van der Waals surface area contributed by atoms with E-state index in [1.807, 2.05) is 0 Å². The topological polar surface area (TPSA) is 81.2 Å². The third-order valence-corrected chi connectivity index (χ3v) is 5.53. The molecule has 0 spiro atoms. The van der Waals surface area contributed by atoms with Gasteiger partial charge in [-0.2, -0.15) is 0 Å². The Morgan fingerprint density at radius 2 is 1.97 bits per heavy atom. The fourth-order valence-electron chi connectivity index (χ4n) is 2.35. The first-order valence-corrected chi connectivity index (χ1v) is 10.4. The molecule has 3 rings (SSSR count). The Morgan fingerprint density at radius 3 is 2.66 bits per heavy atom. The Kier molecular flexibility index (Phi) is 7.08. The number of esters is 1. The number of nitrogens with one attached hydrogen (secondary N) is 1. The second-order valence-corrected chi connectivity index (χ2v) is 7.89. The van der Waals surface area contributed by atoms with Crippen molar-refractivity contribution in [1.82, 2.24) is 9.97 Å². The summed E-state index contributed by atoms with van der Waals surface area (Å²) in [6.45, 7) is 1.74. The van der Waals surface area contributed by atoms with Gasteiger partial charge >= 0.3 is 5.97 Å². The number of hydrogen-bond donors (Lipinski definition) is 1. The standard InChI is InChI=1S/C19H14Cl3N3O3S/c1-2-15(28-18(27)11-5-6-23-16(22)8-11)17(26)25-19-24-14(9-29-19)10-3-4-12(20)13(21)7-10/h3-9,15H,2H2,1H3,(H,24,25,26). The summed E-state index contributed by atoms with van der Waals surface area (Å²) >= 11 is 19.0. The number of carbonyl (C=O) groups is 2. The lowest BCUT2D eigenvalue weighted by Gasteiger charge is -2.15. The quantitative estimate of drug-likeness (QED) is 0.367. The summed E-state index contributed by atoms with van der Waals surface area (Å²) < 4.78 is 5.30. The number of aromatic nitrogens is 2. The normalized spacial score (nSPS) is 11.7. The molecular formula is C19H14Cl3N3O3S. The van der Waals surface area contributed by atoms with Crippen LogP contribution in [0.3, 0.4) is 0 Å². The van der Waals surface area contributed by atoms with Gasteiger partial charge in [-0.15, -0.1) is 11.3 Å². The van der Waals surface area contributed by atoms with Crippen LogP contribution in [-0.4, -0.2) is 27.9 Å². The van der Waals surface area contributed by atoms with Crippen molar-refractivity contribution in [2.24, 2.45) is 0 Å². The lowest BCUT2D eigenvalue weighted by molar-refractivity contribution is -0.124. The molecule has 1 amide bonds. The minimum Gasteiger partial charge on any atom is -0.449 e. The van der Waals surface area contributed by atoms with Crippen LogP contribution in [0, 0.1) is 0 Å². The molecule has 10 heteroatoms. The molecule has 2 aromatic heterocycles. The van der Waals surface area contributed by atoms with E-state index in [0.29, 0.717) is 27.3 Å². The van der Waals surface area contributed by atoms with Gasteiger partial charge in [-0.3, -0.25) is 10.1 Å². The first-order chi connectivity index (χ1) is 13.9. The van der Waals surface area contributed by atoms with Gasteiger partial charge in [-0.05, 0) is 30.7 Å². The van der Waals surface area contributed by atoms with Crippen LogP contribution >= 0.6 is 46.1 Å². The number of nitrogens with zero attached hydrogens (tertiary/aromatic N) is 2. The molecule has 3 aromatic rings. The van der Waals surface area contributed by atoms with Gasteiger partial charge in [-0.25, -0.2) is 14.8 Å². The van der Waals surface area contributed by atoms with Crippen molar-refractivity contribution in [3.8, 4) is 11.3 Å². The summed E-state index contributed by atoms with van der Waals surface area (Å²) in [5.41, 5.74) is 1.62. The Hall–Kier alpha value is -2.19. The third-order valence-electron chi connectivity index (χ3n) is 3.82. The summed E-state index contributed by atoms with van der Waals surface area (Å²) in [5, 5.41) is 5.84. The van der Waals surface area contributed by atoms with Crippen LogP contribution in [0.1, 0.15) is 23.7 Å². The van der Waals surface area contributed by atoms with E-state index in [-0.39, 0.29) is 10.7 Å². The molecule has 0 aliphatic rings. The van der Waals surface area contributed by atoms with E-state index < -0.39 is 18.0 Å². The Bertz CT molecular complexity index is 1060. The van der Waals surface area contributed by atoms with Crippen molar-refractivity contribution >= 4 is 63.1 Å². The molecule has 1 unspecified atom stereocenters. The zero-order valence-electron chi connectivity index (χ0n) is 15.0. The second-order valence-electron chi connectivity index (χ2n) is 5.83. The van der Waals surface area contributed by atoms with Crippen LogP contribution in [0.25, 0.3) is 11.3 Å². The van der Waals surface area contributed by atoms with Crippen LogP contribution in [0.15, 0.2) is 41.9 Å². The van der Waals surface area contributed by atoms with E-state index in [1.165, 1.54) is 29.7 Å². The summed E-state index contributed by atoms with van der Waals surface area (Å²) in [4.78, 5) is 33.0. The van der Waals surface area contributed by atoms with E-state index in [2.05, 4.69) is 15.3 Å². The molecule has 1 N–H and O–H groups in total. The molecule has 2 heterocycles. The van der Waals surface area contributed by atoms with E-state index in [4.69, 9.17) is 39.5 Å². The highest BCUT2D eigenvalue weighted by Gasteiger charge is 2.23. The monoisotopic (exact) mass is 469 g/mol. The number of thiazole rings is 1. The van der Waals surface area contributed by atoms with Gasteiger partial charge in [0.05, 0.1) is 21.3 Å². The average Bonchev–Trinajstić information content (AvgIpc) is 3.16. The van der Waals surface area contributed by atoms with E-state index >= 15 is 0 Å². The highest BCUT2D eigenvalue weighted by atomic mass is 35.5. The lowest BCUT2D eigenvalue weighted by atomic mass is 10.2. The zero-order valence-corrected chi connectivity index (χ0v) is 18.1. The van der Waals surface area contributed by atoms with Gasteiger partial charge in [0.25, 0.3) is 5.91 Å². The van der Waals surface area contributed by atoms with Crippen molar-refractivity contribution in [1.29, 1.82) is 0 Å². The fraction of sp³-hybridized carbons (Fsp3) is 0.158. The number of rotatable bonds is 6. The van der Waals surface area contributed by atoms with Crippen LogP contribution in [0.2, 0.25) is 15.2 Å². The van der Waals surface area contributed by atoms with Crippen LogP contribution in [0.4, 0.5) is 5.13 Å². The van der Waals surface area contributed by atoms with Gasteiger partial charge in [0.2, 0.25) is 0 Å². The molecule has 29 heavy (non-hydrogen) atoms. The van der Waals surface area contributed by atoms with Crippen LogP contribution in [0.5, 0.6) is 0 Å². The number of halogens is 3. The molecule has 6 nitrogen and oxygen atoms in total. The molecule has 0 aliphatic carbocycles. The molecule has 1 aromatic carbocycles. The van der Waals surface area contributed by atoms with Gasteiger partial charge in [0.15, 0.2) is 11.2 Å². The van der Waals surface area contributed by atoms with E-state index in [9.17, 15) is 9.59 Å². The minimum atomic E-state index is -0.980. The number of benzene rings is 1. The summed E-state index contributed by atoms with van der Waals surface area (Å²) in [6.07, 6.45) is 0.702.